The second-order valence-electron chi connectivity index (χ2n) is 17.1. The lowest BCUT2D eigenvalue weighted by molar-refractivity contribution is -0.663. The number of nitrogens with zero attached hydrogens (tertiary/aromatic N) is 1. The number of hydrogen-bond donors (Lipinski definition) is 0. The van der Waals surface area contributed by atoms with Gasteiger partial charge in [0, 0.05) is 28.1 Å². The number of hydrogen-bond acceptors (Lipinski definition) is 2. The van der Waals surface area contributed by atoms with Crippen LogP contribution in [0.25, 0.3) is 22.0 Å². The zero-order valence-corrected chi connectivity index (χ0v) is 38.2. The Morgan fingerprint density at radius 1 is 0.359 bits per heavy atom. The molecule has 0 fully saturated rings. The molecule has 1 heterocycles. The van der Waals surface area contributed by atoms with Crippen molar-refractivity contribution in [2.24, 2.45) is 0 Å². The van der Waals surface area contributed by atoms with Crippen LogP contribution in [0.4, 0.5) is 87.8 Å². The van der Waals surface area contributed by atoms with E-state index in [0.29, 0.717) is 11.4 Å². The van der Waals surface area contributed by atoms with Crippen LogP contribution in [0.15, 0.2) is 115 Å². The number of carbonyl (C=O) groups is 1. The number of fused-ring (bicyclic) bond motifs is 4. The fourth-order valence-corrected chi connectivity index (χ4v) is 9.60. The number of pyridine rings is 1. The zero-order chi connectivity index (χ0) is 56.6. The zero-order valence-electron chi connectivity index (χ0n) is 38.2. The molecule has 3 nitrogen and oxygen atoms in total. The maximum atomic E-state index is 15.4. The standard InChI is InChI=1S/C30H22NO2.C24BF20/c32-28(22-11-2-1-3-12-22)20-31-27-17-9-4-10-21(27)18-19-29(31)33-30-25-15-7-5-13-23(25)24-14-6-8-16-26(24)30;26-5-1(6(27)14(35)21(42)13(5)34)25(2-7(28)15(36)22(43)16(37)8(2)29,3-9(30)17(38)23(44)18(39)10(3)31)4-11(32)19(40)24(45)20(41)12(4)33/h1-19,30H,20H2;/q+1;-1. The molecule has 9 aromatic rings. The van der Waals surface area contributed by atoms with Crippen molar-refractivity contribution in [3.8, 4) is 17.0 Å². The summed E-state index contributed by atoms with van der Waals surface area (Å²) in [5.74, 6) is -70.7. The third-order valence-electron chi connectivity index (χ3n) is 13.0. The van der Waals surface area contributed by atoms with Crippen molar-refractivity contribution in [1.29, 1.82) is 0 Å². The van der Waals surface area contributed by atoms with Crippen LogP contribution in [0.1, 0.15) is 27.6 Å². The van der Waals surface area contributed by atoms with Crippen molar-refractivity contribution < 1.29 is 102 Å². The first-order valence-corrected chi connectivity index (χ1v) is 22.1. The molecule has 1 aliphatic rings. The minimum Gasteiger partial charge on any atom is -0.431 e. The number of ether oxygens (including phenoxy) is 1. The number of aromatic nitrogens is 1. The number of ketones is 1. The van der Waals surface area contributed by atoms with Crippen LogP contribution in [0.2, 0.25) is 0 Å². The Morgan fingerprint density at radius 3 is 1.04 bits per heavy atom. The molecule has 0 bridgehead atoms. The van der Waals surface area contributed by atoms with Crippen LogP contribution in [-0.2, 0) is 6.54 Å². The predicted molar refractivity (Wildman–Crippen MR) is 238 cm³/mol. The van der Waals surface area contributed by atoms with Crippen LogP contribution >= 0.6 is 0 Å². The minimum atomic E-state index is -7.22. The highest BCUT2D eigenvalue weighted by molar-refractivity contribution is 7.20. The Balaban J connectivity index is 0.000000198. The SMILES string of the molecule is Fc1c(F)c(F)c([B-](c2c(F)c(F)c(F)c(F)c2F)(c2c(F)c(F)c(F)c(F)c2F)c2c(F)c(F)c(F)c(F)c2F)c(F)c1F.O=C(C[n+]1c(OC2c3ccccc3-c3ccccc32)ccc2ccccc21)c1ccccc1. The van der Waals surface area contributed by atoms with Crippen LogP contribution in [0.5, 0.6) is 5.88 Å². The normalized spacial score (nSPS) is 12.2. The minimum absolute atomic E-state index is 0.0500. The molecule has 398 valence electrons. The molecule has 0 radical (unpaired) electrons. The lowest BCUT2D eigenvalue weighted by Gasteiger charge is -2.44. The van der Waals surface area contributed by atoms with Gasteiger partial charge in [-0.1, -0.05) is 91.0 Å². The Kier molecular flexibility index (Phi) is 14.1. The van der Waals surface area contributed by atoms with Gasteiger partial charge in [-0.05, 0) is 23.3 Å². The fraction of sp³-hybridized carbons (Fsp3) is 0.0370. The first kappa shape index (κ1) is 54.1. The second-order valence-corrected chi connectivity index (χ2v) is 17.1. The van der Waals surface area contributed by atoms with Gasteiger partial charge in [0.25, 0.3) is 0 Å². The highest BCUT2D eigenvalue weighted by Crippen LogP contribution is 2.45. The van der Waals surface area contributed by atoms with Gasteiger partial charge in [0.1, 0.15) is 52.7 Å². The van der Waals surface area contributed by atoms with E-state index in [1.807, 2.05) is 59.2 Å². The Morgan fingerprint density at radius 2 is 0.667 bits per heavy atom. The average Bonchev–Trinajstić information content (AvgIpc) is 3.93. The summed E-state index contributed by atoms with van der Waals surface area (Å²) in [5, 5.41) is 1.07. The largest absolute Gasteiger partial charge is 0.431 e. The van der Waals surface area contributed by atoms with E-state index in [-0.39, 0.29) is 18.4 Å². The molecule has 0 saturated carbocycles. The summed E-state index contributed by atoms with van der Waals surface area (Å²) in [4.78, 5) is 13.2. The number of Topliss-reactive ketones (excluding diaryl/α,β-unsaturated/α-hetero) is 1. The Bertz CT molecular complexity index is 3540. The fourth-order valence-electron chi connectivity index (χ4n) is 9.60. The third kappa shape index (κ3) is 8.26. The van der Waals surface area contributed by atoms with Crippen molar-refractivity contribution in [2.45, 2.75) is 12.6 Å². The van der Waals surface area contributed by atoms with E-state index in [4.69, 9.17) is 4.74 Å². The lowest BCUT2D eigenvalue weighted by Crippen LogP contribution is -2.81. The molecule has 0 saturated heterocycles. The quantitative estimate of drug-likeness (QED) is 0.0360. The molecule has 0 amide bonds. The highest BCUT2D eigenvalue weighted by Gasteiger charge is 2.52. The third-order valence-corrected chi connectivity index (χ3v) is 13.0. The number of para-hydroxylation sites is 1. The molecule has 0 N–H and O–H groups in total. The van der Waals surface area contributed by atoms with Gasteiger partial charge < -0.3 is 4.74 Å². The van der Waals surface area contributed by atoms with Crippen molar-refractivity contribution in [3.63, 3.8) is 0 Å². The molecule has 24 heteroatoms. The van der Waals surface area contributed by atoms with Crippen LogP contribution < -0.4 is 31.2 Å². The van der Waals surface area contributed by atoms with Crippen molar-refractivity contribution >= 4 is 44.7 Å². The van der Waals surface area contributed by atoms with E-state index < -0.39 is 144 Å². The summed E-state index contributed by atoms with van der Waals surface area (Å²) in [5.41, 5.74) is -7.97. The monoisotopic (exact) mass is 1110 g/mol. The molecule has 0 aliphatic heterocycles. The first-order valence-electron chi connectivity index (χ1n) is 22.1. The van der Waals surface area contributed by atoms with E-state index in [9.17, 15) is 57.5 Å². The average molecular weight is 1110 g/mol. The number of carbonyl (C=O) groups excluding carboxylic acids is 1. The molecule has 10 rings (SSSR count). The van der Waals surface area contributed by atoms with Gasteiger partial charge in [0.05, 0.1) is 6.07 Å². The molecule has 0 atom stereocenters. The molecule has 8 aromatic carbocycles. The summed E-state index contributed by atoms with van der Waals surface area (Å²) < 4.78 is 303. The van der Waals surface area contributed by atoms with Crippen LogP contribution in [-0.4, -0.2) is 11.9 Å². The smallest absolute Gasteiger partial charge is 0.369 e. The molecule has 78 heavy (non-hydrogen) atoms. The molecular weight excluding hydrogens is 1090 g/mol. The van der Waals surface area contributed by atoms with E-state index in [1.54, 1.807) is 0 Å². The maximum Gasteiger partial charge on any atom is 0.369 e. The van der Waals surface area contributed by atoms with Gasteiger partial charge in [-0.25, -0.2) is 87.8 Å². The van der Waals surface area contributed by atoms with Crippen LogP contribution in [0.3, 0.4) is 0 Å². The summed E-state index contributed by atoms with van der Waals surface area (Å²) in [6.07, 6.45) is -7.44. The summed E-state index contributed by atoms with van der Waals surface area (Å²) in [7, 11) is 0. The lowest BCUT2D eigenvalue weighted by atomic mass is 9.12. The summed E-state index contributed by atoms with van der Waals surface area (Å²) in [6, 6.07) is 38.3. The Labute approximate surface area is 423 Å². The van der Waals surface area contributed by atoms with E-state index >= 15 is 35.1 Å². The predicted octanol–water partition coefficient (Wildman–Crippen LogP) is 12.0. The van der Waals surface area contributed by atoms with Gasteiger partial charge >= 0.3 is 5.88 Å². The Hall–Kier alpha value is -8.70. The van der Waals surface area contributed by atoms with Crippen LogP contribution in [0, 0.1) is 116 Å². The molecule has 1 aromatic heterocycles. The van der Waals surface area contributed by atoms with E-state index in [2.05, 4.69) is 60.7 Å². The molecule has 1 aliphatic carbocycles. The van der Waals surface area contributed by atoms with Gasteiger partial charge in [-0.15, -0.1) is 21.9 Å². The second kappa shape index (κ2) is 20.4. The molecule has 0 spiro atoms. The molecular formula is C54H22BF20NO2. The van der Waals surface area contributed by atoms with Gasteiger partial charge in [0.15, 0.2) is 75.9 Å². The van der Waals surface area contributed by atoms with Gasteiger partial charge in [-0.3, -0.25) is 4.79 Å². The topological polar surface area (TPSA) is 30.2 Å². The van der Waals surface area contributed by atoms with Gasteiger partial charge in [-0.2, -0.15) is 4.57 Å². The highest BCUT2D eigenvalue weighted by atomic mass is 19.2. The first-order chi connectivity index (χ1) is 37.0. The summed E-state index contributed by atoms with van der Waals surface area (Å²) >= 11 is 0. The summed E-state index contributed by atoms with van der Waals surface area (Å²) in [6.45, 7) is 0.205. The molecule has 0 unspecified atom stereocenters. The number of benzene rings is 8. The maximum absolute atomic E-state index is 15.4. The van der Waals surface area contributed by atoms with Crippen molar-refractivity contribution in [3.05, 3.63) is 248 Å². The number of halogens is 20. The van der Waals surface area contributed by atoms with E-state index in [0.717, 1.165) is 22.0 Å². The number of rotatable bonds is 9. The van der Waals surface area contributed by atoms with Crippen molar-refractivity contribution in [1.82, 2.24) is 0 Å². The van der Waals surface area contributed by atoms with Crippen molar-refractivity contribution in [2.75, 3.05) is 0 Å². The van der Waals surface area contributed by atoms with E-state index in [1.165, 1.54) is 11.1 Å². The van der Waals surface area contributed by atoms with Gasteiger partial charge in [0.2, 0.25) is 17.8 Å².